The average Bonchev–Trinajstić information content (AvgIpc) is 2.52. The van der Waals surface area contributed by atoms with Gasteiger partial charge in [-0.25, -0.2) is 4.79 Å². The number of carboxylic acids is 1. The molecule has 0 radical (unpaired) electrons. The lowest BCUT2D eigenvalue weighted by molar-refractivity contribution is -0.140. The van der Waals surface area contributed by atoms with E-state index in [0.29, 0.717) is 5.56 Å². The van der Waals surface area contributed by atoms with Crippen molar-refractivity contribution >= 4 is 11.9 Å². The summed E-state index contributed by atoms with van der Waals surface area (Å²) in [5.41, 5.74) is 3.26. The Labute approximate surface area is 135 Å². The van der Waals surface area contributed by atoms with Gasteiger partial charge in [0, 0.05) is 18.0 Å². The Morgan fingerprint density at radius 3 is 2.30 bits per heavy atom. The number of carbonyl (C=O) groups excluding carboxylic acids is 1. The highest BCUT2D eigenvalue weighted by molar-refractivity contribution is 5.97. The highest BCUT2D eigenvalue weighted by Crippen LogP contribution is 2.20. The molecule has 1 amide bonds. The van der Waals surface area contributed by atoms with E-state index in [1.807, 2.05) is 31.2 Å². The van der Waals surface area contributed by atoms with Gasteiger partial charge in [-0.3, -0.25) is 9.78 Å². The number of aliphatic carboxylic acids is 1. The van der Waals surface area contributed by atoms with Crippen molar-refractivity contribution < 1.29 is 14.7 Å². The van der Waals surface area contributed by atoms with Gasteiger partial charge >= 0.3 is 5.97 Å². The molecule has 0 bridgehead atoms. The van der Waals surface area contributed by atoms with E-state index in [4.69, 9.17) is 5.11 Å². The van der Waals surface area contributed by atoms with Crippen LogP contribution in [-0.2, 0) is 4.79 Å². The molecule has 23 heavy (non-hydrogen) atoms. The highest BCUT2D eigenvalue weighted by Gasteiger charge is 2.24. The minimum Gasteiger partial charge on any atom is -0.480 e. The van der Waals surface area contributed by atoms with Crippen molar-refractivity contribution in [2.45, 2.75) is 26.8 Å². The van der Waals surface area contributed by atoms with E-state index < -0.39 is 17.9 Å². The molecule has 0 aliphatic heterocycles. The molecule has 5 nitrogen and oxygen atoms in total. The van der Waals surface area contributed by atoms with Gasteiger partial charge < -0.3 is 10.4 Å². The molecule has 2 N–H and O–H groups in total. The van der Waals surface area contributed by atoms with Gasteiger partial charge in [0.2, 0.25) is 0 Å². The summed E-state index contributed by atoms with van der Waals surface area (Å²) < 4.78 is 0. The quantitative estimate of drug-likeness (QED) is 0.889. The zero-order valence-electron chi connectivity index (χ0n) is 13.4. The summed E-state index contributed by atoms with van der Waals surface area (Å²) in [4.78, 5) is 27.6. The fourth-order valence-electron chi connectivity index (χ4n) is 2.21. The van der Waals surface area contributed by atoms with Crippen molar-refractivity contribution in [1.82, 2.24) is 10.3 Å². The van der Waals surface area contributed by atoms with Crippen LogP contribution >= 0.6 is 0 Å². The van der Waals surface area contributed by atoms with Crippen LogP contribution in [0.15, 0.2) is 42.7 Å². The van der Waals surface area contributed by atoms with E-state index in [9.17, 15) is 9.59 Å². The van der Waals surface area contributed by atoms with E-state index >= 15 is 0 Å². The molecule has 0 saturated carbocycles. The average molecular weight is 312 g/mol. The third kappa shape index (κ3) is 4.16. The molecular formula is C18H20N2O3. The zero-order valence-corrected chi connectivity index (χ0v) is 13.4. The number of carbonyl (C=O) groups is 2. The molecule has 1 aromatic heterocycles. The Morgan fingerprint density at radius 1 is 1.09 bits per heavy atom. The number of amides is 1. The highest BCUT2D eigenvalue weighted by atomic mass is 16.4. The maximum Gasteiger partial charge on any atom is 0.326 e. The minimum atomic E-state index is -1.05. The van der Waals surface area contributed by atoms with E-state index in [0.717, 1.165) is 16.7 Å². The molecule has 1 atom stereocenters. The van der Waals surface area contributed by atoms with Gasteiger partial charge in [-0.05, 0) is 24.5 Å². The van der Waals surface area contributed by atoms with Gasteiger partial charge in [0.15, 0.2) is 0 Å². The summed E-state index contributed by atoms with van der Waals surface area (Å²) in [6, 6.07) is 8.68. The van der Waals surface area contributed by atoms with E-state index in [-0.39, 0.29) is 5.92 Å². The summed E-state index contributed by atoms with van der Waals surface area (Å²) in [7, 11) is 0. The first-order valence-corrected chi connectivity index (χ1v) is 7.44. The Bertz CT molecular complexity index is 708. The molecule has 0 aliphatic carbocycles. The van der Waals surface area contributed by atoms with Crippen LogP contribution in [0.2, 0.25) is 0 Å². The van der Waals surface area contributed by atoms with Crippen LogP contribution in [0.25, 0.3) is 11.1 Å². The lowest BCUT2D eigenvalue weighted by Gasteiger charge is -2.18. The predicted molar refractivity (Wildman–Crippen MR) is 88.1 cm³/mol. The van der Waals surface area contributed by atoms with Crippen molar-refractivity contribution in [3.8, 4) is 11.1 Å². The molecule has 120 valence electrons. The van der Waals surface area contributed by atoms with Crippen LogP contribution in [0.1, 0.15) is 29.8 Å². The number of hydrogen-bond donors (Lipinski definition) is 2. The fourth-order valence-corrected chi connectivity index (χ4v) is 2.21. The number of benzene rings is 1. The summed E-state index contributed by atoms with van der Waals surface area (Å²) in [6.07, 6.45) is 3.12. The van der Waals surface area contributed by atoms with E-state index in [1.54, 1.807) is 26.1 Å². The summed E-state index contributed by atoms with van der Waals surface area (Å²) in [5.74, 6) is -1.69. The third-order valence-corrected chi connectivity index (χ3v) is 3.60. The van der Waals surface area contributed by atoms with Gasteiger partial charge in [-0.1, -0.05) is 43.7 Å². The maximum absolute atomic E-state index is 12.3. The van der Waals surface area contributed by atoms with Gasteiger partial charge in [-0.2, -0.15) is 0 Å². The molecule has 0 unspecified atom stereocenters. The maximum atomic E-state index is 12.3. The zero-order chi connectivity index (χ0) is 17.0. The first kappa shape index (κ1) is 16.7. The monoisotopic (exact) mass is 312 g/mol. The first-order valence-electron chi connectivity index (χ1n) is 7.44. The number of hydrogen-bond acceptors (Lipinski definition) is 3. The van der Waals surface area contributed by atoms with Crippen LogP contribution in [0.4, 0.5) is 0 Å². The Hall–Kier alpha value is -2.69. The molecule has 5 heteroatoms. The smallest absolute Gasteiger partial charge is 0.326 e. The van der Waals surface area contributed by atoms with Crippen molar-refractivity contribution in [2.24, 2.45) is 5.92 Å². The molecule has 2 aromatic rings. The van der Waals surface area contributed by atoms with Crippen molar-refractivity contribution in [3.05, 3.63) is 53.9 Å². The van der Waals surface area contributed by atoms with Crippen molar-refractivity contribution in [2.75, 3.05) is 0 Å². The molecular weight excluding hydrogens is 292 g/mol. The fraction of sp³-hybridized carbons (Fsp3) is 0.278. The van der Waals surface area contributed by atoms with Crippen LogP contribution in [0.5, 0.6) is 0 Å². The third-order valence-electron chi connectivity index (χ3n) is 3.60. The van der Waals surface area contributed by atoms with Crippen LogP contribution in [0, 0.1) is 12.8 Å². The SMILES string of the molecule is Cc1ccc(-c2cncc(C(=O)N[C@@H](C(=O)O)C(C)C)c2)cc1. The largest absolute Gasteiger partial charge is 0.480 e. The Balaban J connectivity index is 2.23. The molecule has 1 heterocycles. The second-order valence-corrected chi connectivity index (χ2v) is 5.86. The molecule has 0 fully saturated rings. The first-order chi connectivity index (χ1) is 10.9. The molecule has 0 saturated heterocycles. The number of aromatic nitrogens is 1. The number of nitrogens with zero attached hydrogens (tertiary/aromatic N) is 1. The number of pyridine rings is 1. The lowest BCUT2D eigenvalue weighted by atomic mass is 10.0. The van der Waals surface area contributed by atoms with Gasteiger partial charge in [-0.15, -0.1) is 0 Å². The van der Waals surface area contributed by atoms with E-state index in [2.05, 4.69) is 10.3 Å². The van der Waals surface area contributed by atoms with E-state index in [1.165, 1.54) is 6.20 Å². The van der Waals surface area contributed by atoms with Crippen LogP contribution < -0.4 is 5.32 Å². The molecule has 2 rings (SSSR count). The van der Waals surface area contributed by atoms with Crippen LogP contribution in [0.3, 0.4) is 0 Å². The summed E-state index contributed by atoms with van der Waals surface area (Å²) in [6.45, 7) is 5.50. The van der Waals surface area contributed by atoms with Crippen LogP contribution in [-0.4, -0.2) is 28.0 Å². The summed E-state index contributed by atoms with van der Waals surface area (Å²) in [5, 5.41) is 11.7. The van der Waals surface area contributed by atoms with Crippen molar-refractivity contribution in [3.63, 3.8) is 0 Å². The van der Waals surface area contributed by atoms with Gasteiger partial charge in [0.25, 0.3) is 5.91 Å². The van der Waals surface area contributed by atoms with Gasteiger partial charge in [0.05, 0.1) is 5.56 Å². The summed E-state index contributed by atoms with van der Waals surface area (Å²) >= 11 is 0. The normalized spacial score (nSPS) is 12.0. The molecule has 0 aliphatic rings. The Kier molecular flexibility index (Phi) is 5.11. The number of carboxylic acid groups (broad SMARTS) is 1. The van der Waals surface area contributed by atoms with Crippen molar-refractivity contribution in [1.29, 1.82) is 0 Å². The molecule has 0 spiro atoms. The number of aryl methyl sites for hydroxylation is 1. The second-order valence-electron chi connectivity index (χ2n) is 5.86. The lowest BCUT2D eigenvalue weighted by Crippen LogP contribution is -2.44. The predicted octanol–water partition coefficient (Wildman–Crippen LogP) is 2.90. The van der Waals surface area contributed by atoms with Gasteiger partial charge in [0.1, 0.15) is 6.04 Å². The second kappa shape index (κ2) is 7.05. The Morgan fingerprint density at radius 2 is 1.74 bits per heavy atom. The number of nitrogens with one attached hydrogen (secondary N) is 1. The topological polar surface area (TPSA) is 79.3 Å². The minimum absolute atomic E-state index is 0.204. The standard InChI is InChI=1S/C18H20N2O3/c1-11(2)16(18(22)23)20-17(21)15-8-14(9-19-10-15)13-6-4-12(3)5-7-13/h4-11,16H,1-3H3,(H,20,21)(H,22,23)/t16-/m1/s1. The number of rotatable bonds is 5. The molecule has 1 aromatic carbocycles.